The molecular weight excluding hydrogens is 460 g/mol. The van der Waals surface area contributed by atoms with E-state index >= 15 is 0 Å². The van der Waals surface area contributed by atoms with Crippen LogP contribution in [0.2, 0.25) is 0 Å². The Bertz CT molecular complexity index is 1060. The third-order valence-corrected chi connectivity index (χ3v) is 7.59. The van der Waals surface area contributed by atoms with Gasteiger partial charge in [0.25, 0.3) is 12.1 Å². The van der Waals surface area contributed by atoms with Crippen LogP contribution in [0.15, 0.2) is 47.1 Å². The zero-order valence-electron chi connectivity index (χ0n) is 20.9. The third-order valence-electron chi connectivity index (χ3n) is 7.59. The van der Waals surface area contributed by atoms with Crippen LogP contribution in [0.4, 0.5) is 0 Å². The molecule has 1 saturated carbocycles. The molecule has 0 spiro atoms. The number of hydrogen-bond donors (Lipinski definition) is 0. The van der Waals surface area contributed by atoms with Gasteiger partial charge in [0.05, 0.1) is 44.6 Å². The molecule has 2 fully saturated rings. The summed E-state index contributed by atoms with van der Waals surface area (Å²) in [6, 6.07) is 12.7. The van der Waals surface area contributed by atoms with Crippen molar-refractivity contribution >= 4 is 12.4 Å². The molecule has 36 heavy (non-hydrogen) atoms. The van der Waals surface area contributed by atoms with Gasteiger partial charge in [-0.15, -0.1) is 0 Å². The van der Waals surface area contributed by atoms with E-state index in [2.05, 4.69) is 13.1 Å². The number of ether oxygens (including phenoxy) is 3. The molecule has 1 aromatic carbocycles. The van der Waals surface area contributed by atoms with Gasteiger partial charge in [-0.05, 0) is 43.2 Å². The number of nitrogens with zero attached hydrogens (tertiary/aromatic N) is 2. The van der Waals surface area contributed by atoms with Gasteiger partial charge in [0, 0.05) is 18.8 Å². The zero-order chi connectivity index (χ0) is 25.4. The van der Waals surface area contributed by atoms with E-state index in [1.807, 2.05) is 12.1 Å². The SMILES string of the molecule is C[N+]1(CCCOc2cccc(C#N)c2)CC[C@@H](OC(=O)C(OC=O)(c2ccco2)C2CCCCC2)C1. The summed E-state index contributed by atoms with van der Waals surface area (Å²) in [4.78, 5) is 25.3. The second kappa shape index (κ2) is 11.6. The van der Waals surface area contributed by atoms with Crippen LogP contribution in [0.25, 0.3) is 0 Å². The maximum absolute atomic E-state index is 13.7. The van der Waals surface area contributed by atoms with Gasteiger partial charge < -0.3 is 23.1 Å². The summed E-state index contributed by atoms with van der Waals surface area (Å²) < 4.78 is 23.8. The molecule has 2 aliphatic rings. The maximum Gasteiger partial charge on any atom is 0.359 e. The Labute approximate surface area is 212 Å². The highest BCUT2D eigenvalue weighted by molar-refractivity contribution is 5.82. The van der Waals surface area contributed by atoms with Crippen LogP contribution >= 0.6 is 0 Å². The standard InChI is InChI=1S/C28H35N2O6/c1-30(14-7-17-33-24-11-5-8-22(18-24)19-29)15-13-25(20-30)36-27(32)28(35-21-31,26-12-6-16-34-26)23-9-3-2-4-10-23/h5-6,8,11-12,16,18,21,23,25H,2-4,7,9-10,13-15,17,20H2,1H3/q+1/t25-,28?,30?/m1/s1. The second-order valence-electron chi connectivity index (χ2n) is 10.2. The van der Waals surface area contributed by atoms with Gasteiger partial charge in [-0.1, -0.05) is 25.3 Å². The van der Waals surface area contributed by atoms with Gasteiger partial charge in [-0.2, -0.15) is 5.26 Å². The lowest BCUT2D eigenvalue weighted by atomic mass is 9.75. The molecule has 8 heteroatoms. The Morgan fingerprint density at radius 1 is 1.22 bits per heavy atom. The number of quaternary nitrogens is 1. The number of likely N-dealkylation sites (tertiary alicyclic amines) is 1. The van der Waals surface area contributed by atoms with E-state index in [4.69, 9.17) is 23.9 Å². The highest BCUT2D eigenvalue weighted by atomic mass is 16.6. The summed E-state index contributed by atoms with van der Waals surface area (Å²) in [7, 11) is 2.16. The molecule has 2 heterocycles. The first-order valence-corrected chi connectivity index (χ1v) is 12.8. The van der Waals surface area contributed by atoms with Crippen LogP contribution in [0.1, 0.15) is 56.3 Å². The van der Waals surface area contributed by atoms with Crippen LogP contribution in [0, 0.1) is 17.2 Å². The van der Waals surface area contributed by atoms with E-state index in [0.717, 1.165) is 62.5 Å². The van der Waals surface area contributed by atoms with Gasteiger partial charge >= 0.3 is 5.97 Å². The molecule has 1 saturated heterocycles. The van der Waals surface area contributed by atoms with E-state index < -0.39 is 11.6 Å². The molecule has 8 nitrogen and oxygen atoms in total. The number of carbonyl (C=O) groups is 2. The molecule has 2 aromatic rings. The lowest BCUT2D eigenvalue weighted by Gasteiger charge is -2.37. The summed E-state index contributed by atoms with van der Waals surface area (Å²) in [6.45, 7) is 3.34. The number of hydrogen-bond acceptors (Lipinski definition) is 7. The number of esters is 1. The van der Waals surface area contributed by atoms with E-state index in [-0.39, 0.29) is 12.0 Å². The van der Waals surface area contributed by atoms with Crippen LogP contribution < -0.4 is 4.74 Å². The van der Waals surface area contributed by atoms with Crippen LogP contribution in [-0.2, 0) is 24.7 Å². The van der Waals surface area contributed by atoms with Crippen molar-refractivity contribution in [2.45, 2.75) is 56.7 Å². The molecule has 3 atom stereocenters. The van der Waals surface area contributed by atoms with Gasteiger partial charge in [0.1, 0.15) is 12.3 Å². The van der Waals surface area contributed by atoms with Gasteiger partial charge in [0.2, 0.25) is 0 Å². The number of rotatable bonds is 11. The molecular formula is C28H35N2O6+. The molecule has 0 N–H and O–H groups in total. The first-order valence-electron chi connectivity index (χ1n) is 12.8. The van der Waals surface area contributed by atoms with Gasteiger partial charge in [-0.25, -0.2) is 4.79 Å². The summed E-state index contributed by atoms with van der Waals surface area (Å²) in [5, 5.41) is 9.03. The molecule has 1 aliphatic heterocycles. The van der Waals surface area contributed by atoms with E-state index in [9.17, 15) is 9.59 Å². The molecule has 1 aromatic heterocycles. The van der Waals surface area contributed by atoms with E-state index in [1.54, 1.807) is 24.3 Å². The molecule has 0 radical (unpaired) electrons. The lowest BCUT2D eigenvalue weighted by Crippen LogP contribution is -2.49. The molecule has 2 unspecified atom stereocenters. The lowest BCUT2D eigenvalue weighted by molar-refractivity contribution is -0.899. The Hall–Kier alpha value is -3.31. The third kappa shape index (κ3) is 5.73. The first kappa shape index (κ1) is 25.8. The Kier molecular flexibility index (Phi) is 8.32. The topological polar surface area (TPSA) is 98.8 Å². The minimum Gasteiger partial charge on any atom is -0.493 e. The van der Waals surface area contributed by atoms with Crippen molar-refractivity contribution in [2.75, 3.05) is 33.3 Å². The van der Waals surface area contributed by atoms with Crippen molar-refractivity contribution in [3.8, 4) is 11.8 Å². The molecule has 1 aliphatic carbocycles. The fourth-order valence-corrected chi connectivity index (χ4v) is 5.71. The predicted molar refractivity (Wildman–Crippen MR) is 131 cm³/mol. The normalized spacial score (nSPS) is 23.8. The second-order valence-corrected chi connectivity index (χ2v) is 10.2. The van der Waals surface area contributed by atoms with Crippen molar-refractivity contribution in [3.05, 3.63) is 54.0 Å². The Morgan fingerprint density at radius 3 is 2.78 bits per heavy atom. The number of likely N-dealkylation sites (N-methyl/N-ethyl adjacent to an activating group) is 1. The highest BCUT2D eigenvalue weighted by Crippen LogP contribution is 2.43. The molecule has 0 bridgehead atoms. The maximum atomic E-state index is 13.7. The molecule has 0 amide bonds. The summed E-state index contributed by atoms with van der Waals surface area (Å²) in [5.41, 5.74) is -0.961. The first-order chi connectivity index (χ1) is 17.5. The summed E-state index contributed by atoms with van der Waals surface area (Å²) in [6.07, 6.45) is 7.42. The van der Waals surface area contributed by atoms with E-state index in [1.165, 1.54) is 6.26 Å². The fraction of sp³-hybridized carbons (Fsp3) is 0.536. The van der Waals surface area contributed by atoms with Crippen molar-refractivity contribution < 1.29 is 32.7 Å². The Morgan fingerprint density at radius 2 is 2.06 bits per heavy atom. The summed E-state index contributed by atoms with van der Waals surface area (Å²) in [5.74, 6) is 0.320. The predicted octanol–water partition coefficient (Wildman–Crippen LogP) is 4.33. The number of furan rings is 1. The zero-order valence-corrected chi connectivity index (χ0v) is 20.9. The summed E-state index contributed by atoms with van der Waals surface area (Å²) >= 11 is 0. The monoisotopic (exact) mass is 495 g/mol. The number of nitriles is 1. The minimum absolute atomic E-state index is 0.172. The van der Waals surface area contributed by atoms with Crippen LogP contribution in [-0.4, -0.2) is 56.3 Å². The fourth-order valence-electron chi connectivity index (χ4n) is 5.71. The average molecular weight is 496 g/mol. The number of carbonyl (C=O) groups excluding carboxylic acids is 2. The smallest absolute Gasteiger partial charge is 0.359 e. The molecule has 4 rings (SSSR count). The average Bonchev–Trinajstić information content (AvgIpc) is 3.56. The van der Waals surface area contributed by atoms with Crippen molar-refractivity contribution in [1.29, 1.82) is 5.26 Å². The van der Waals surface area contributed by atoms with Crippen molar-refractivity contribution in [1.82, 2.24) is 0 Å². The van der Waals surface area contributed by atoms with Crippen molar-refractivity contribution in [3.63, 3.8) is 0 Å². The van der Waals surface area contributed by atoms with Crippen LogP contribution in [0.5, 0.6) is 5.75 Å². The van der Waals surface area contributed by atoms with E-state index in [0.29, 0.717) is 36.7 Å². The van der Waals surface area contributed by atoms with Gasteiger partial charge in [-0.3, -0.25) is 4.79 Å². The Balaban J connectivity index is 1.36. The van der Waals surface area contributed by atoms with Crippen LogP contribution in [0.3, 0.4) is 0 Å². The highest BCUT2D eigenvalue weighted by Gasteiger charge is 2.55. The number of benzene rings is 1. The molecule has 192 valence electrons. The minimum atomic E-state index is -1.54. The largest absolute Gasteiger partial charge is 0.493 e. The van der Waals surface area contributed by atoms with Gasteiger partial charge in [0.15, 0.2) is 11.9 Å². The van der Waals surface area contributed by atoms with Crippen molar-refractivity contribution in [2.24, 2.45) is 5.92 Å². The quantitative estimate of drug-likeness (QED) is 0.198.